The second-order valence-electron chi connectivity index (χ2n) is 11.5. The van der Waals surface area contributed by atoms with Crippen LogP contribution in [0.25, 0.3) is 22.6 Å². The third-order valence-corrected chi connectivity index (χ3v) is 8.67. The Morgan fingerprint density at radius 3 is 2.23 bits per heavy atom. The van der Waals surface area contributed by atoms with Gasteiger partial charge < -0.3 is 20.1 Å². The summed E-state index contributed by atoms with van der Waals surface area (Å²) < 4.78 is 0. The first-order valence-electron chi connectivity index (χ1n) is 14.9. The summed E-state index contributed by atoms with van der Waals surface area (Å²) in [7, 11) is 0. The number of piperidine rings is 2. The van der Waals surface area contributed by atoms with Crippen LogP contribution < -0.4 is 5.32 Å². The Hall–Kier alpha value is -5.05. The highest BCUT2D eigenvalue weighted by Gasteiger charge is 2.41. The van der Waals surface area contributed by atoms with Gasteiger partial charge in [-0.25, -0.2) is 15.0 Å². The van der Waals surface area contributed by atoms with E-state index < -0.39 is 0 Å². The van der Waals surface area contributed by atoms with Crippen molar-refractivity contribution in [2.45, 2.75) is 25.7 Å². The number of nitrogens with one attached hydrogen (secondary N) is 2. The van der Waals surface area contributed by atoms with Crippen LogP contribution in [-0.4, -0.2) is 67.7 Å². The lowest BCUT2D eigenvalue weighted by molar-refractivity contribution is 0.0197. The zero-order chi connectivity index (χ0) is 29.2. The van der Waals surface area contributed by atoms with Crippen molar-refractivity contribution in [2.75, 3.05) is 31.5 Å². The van der Waals surface area contributed by atoms with Crippen LogP contribution in [0.4, 0.5) is 11.5 Å². The molecule has 0 aliphatic carbocycles. The number of anilines is 2. The number of benzene rings is 2. The van der Waals surface area contributed by atoms with Gasteiger partial charge in [0, 0.05) is 31.9 Å². The predicted octanol–water partition coefficient (Wildman–Crippen LogP) is 5.92. The zero-order valence-corrected chi connectivity index (χ0v) is 23.9. The molecule has 43 heavy (non-hydrogen) atoms. The van der Waals surface area contributed by atoms with Crippen LogP contribution in [0.5, 0.6) is 0 Å². The lowest BCUT2D eigenvalue weighted by atomic mass is 9.72. The average Bonchev–Trinajstić information content (AvgIpc) is 3.50. The normalized spacial score (nSPS) is 16.4. The maximum absolute atomic E-state index is 13.5. The van der Waals surface area contributed by atoms with Gasteiger partial charge in [-0.1, -0.05) is 42.5 Å². The lowest BCUT2D eigenvalue weighted by Crippen LogP contribution is -2.52. The molecule has 0 unspecified atom stereocenters. The summed E-state index contributed by atoms with van der Waals surface area (Å²) in [5, 5.41) is 3.28. The molecule has 7 rings (SSSR count). The number of H-pyrrole nitrogens is 1. The highest BCUT2D eigenvalue weighted by molar-refractivity contribution is 5.93. The smallest absolute Gasteiger partial charge is 0.272 e. The zero-order valence-electron chi connectivity index (χ0n) is 23.9. The number of nitrogens with zero attached hydrogens (tertiary/aromatic N) is 5. The standard InChI is InChI=1S/C34H33N7O2/c42-32(28-14-6-13-27(36-28)31-38-25-11-4-5-12-26(25)39-31)40-21-18-34(19-22-40)17-8-20-41(23-34)33(43)29-15-7-16-30(37-29)35-24-9-2-1-3-10-24/h1-7,9-16H,8,17-23H2,(H,35,37)(H,38,39). The van der Waals surface area contributed by atoms with E-state index in [-0.39, 0.29) is 17.2 Å². The number of aromatic nitrogens is 4. The Labute approximate surface area is 250 Å². The van der Waals surface area contributed by atoms with Crippen LogP contribution in [0.1, 0.15) is 46.7 Å². The molecule has 5 aromatic rings. The molecule has 5 heterocycles. The Bertz CT molecular complexity index is 1740. The Morgan fingerprint density at radius 2 is 1.42 bits per heavy atom. The average molecular weight is 572 g/mol. The second kappa shape index (κ2) is 11.3. The largest absolute Gasteiger partial charge is 0.340 e. The van der Waals surface area contributed by atoms with Crippen molar-refractivity contribution in [3.05, 3.63) is 102 Å². The summed E-state index contributed by atoms with van der Waals surface area (Å²) in [6.45, 7) is 2.70. The fourth-order valence-corrected chi connectivity index (χ4v) is 6.35. The van der Waals surface area contributed by atoms with E-state index in [1.807, 2.05) is 88.7 Å². The molecule has 0 radical (unpaired) electrons. The molecule has 216 valence electrons. The van der Waals surface area contributed by atoms with Crippen molar-refractivity contribution in [1.82, 2.24) is 29.7 Å². The third-order valence-electron chi connectivity index (χ3n) is 8.67. The second-order valence-corrected chi connectivity index (χ2v) is 11.5. The molecule has 3 aromatic heterocycles. The van der Waals surface area contributed by atoms with Crippen molar-refractivity contribution in [1.29, 1.82) is 0 Å². The number of carbonyl (C=O) groups excluding carboxylic acids is 2. The third kappa shape index (κ3) is 5.58. The summed E-state index contributed by atoms with van der Waals surface area (Å²) in [6, 6.07) is 28.7. The van der Waals surface area contributed by atoms with Gasteiger partial charge in [-0.15, -0.1) is 0 Å². The van der Waals surface area contributed by atoms with E-state index in [0.717, 1.165) is 48.9 Å². The quantitative estimate of drug-likeness (QED) is 0.271. The number of fused-ring (bicyclic) bond motifs is 1. The van der Waals surface area contributed by atoms with Gasteiger partial charge in [0.2, 0.25) is 0 Å². The summed E-state index contributed by atoms with van der Waals surface area (Å²) in [4.78, 5) is 48.1. The number of rotatable bonds is 5. The molecular formula is C34H33N7O2. The predicted molar refractivity (Wildman–Crippen MR) is 166 cm³/mol. The van der Waals surface area contributed by atoms with Gasteiger partial charge in [0.1, 0.15) is 22.9 Å². The van der Waals surface area contributed by atoms with E-state index >= 15 is 0 Å². The van der Waals surface area contributed by atoms with Gasteiger partial charge in [-0.3, -0.25) is 9.59 Å². The summed E-state index contributed by atoms with van der Waals surface area (Å²) in [6.07, 6.45) is 3.72. The Morgan fingerprint density at radius 1 is 0.698 bits per heavy atom. The van der Waals surface area contributed by atoms with E-state index in [2.05, 4.69) is 25.3 Å². The molecular weight excluding hydrogens is 538 g/mol. The fraction of sp³-hybridized carbons (Fsp3) is 0.265. The summed E-state index contributed by atoms with van der Waals surface area (Å²) in [5.74, 6) is 1.19. The molecule has 0 atom stereocenters. The van der Waals surface area contributed by atoms with Crippen molar-refractivity contribution in [3.8, 4) is 11.5 Å². The SMILES string of the molecule is O=C(c1cccc(Nc2ccccc2)n1)N1CCCC2(CCN(C(=O)c3cccc(-c4nc5ccccc5[nH]4)n3)CC2)C1. The number of carbonyl (C=O) groups is 2. The first kappa shape index (κ1) is 26.8. The molecule has 2 aliphatic rings. The number of hydrogen-bond acceptors (Lipinski definition) is 6. The minimum Gasteiger partial charge on any atom is -0.340 e. The molecule has 9 nitrogen and oxygen atoms in total. The van der Waals surface area contributed by atoms with E-state index in [4.69, 9.17) is 0 Å². The lowest BCUT2D eigenvalue weighted by Gasteiger charge is -2.47. The maximum Gasteiger partial charge on any atom is 0.272 e. The van der Waals surface area contributed by atoms with Gasteiger partial charge in [0.05, 0.1) is 11.0 Å². The van der Waals surface area contributed by atoms with Crippen molar-refractivity contribution in [3.63, 3.8) is 0 Å². The molecule has 2 fully saturated rings. The van der Waals surface area contributed by atoms with Crippen molar-refractivity contribution >= 4 is 34.4 Å². The minimum atomic E-state index is -0.0662. The van der Waals surface area contributed by atoms with Gasteiger partial charge in [-0.2, -0.15) is 0 Å². The van der Waals surface area contributed by atoms with Crippen LogP contribution in [0.3, 0.4) is 0 Å². The monoisotopic (exact) mass is 571 g/mol. The highest BCUT2D eigenvalue weighted by atomic mass is 16.2. The Kier molecular flexibility index (Phi) is 7.06. The van der Waals surface area contributed by atoms with E-state index in [9.17, 15) is 9.59 Å². The molecule has 2 saturated heterocycles. The van der Waals surface area contributed by atoms with E-state index in [1.165, 1.54) is 0 Å². The molecule has 2 aliphatic heterocycles. The number of likely N-dealkylation sites (tertiary alicyclic amines) is 2. The number of amides is 2. The molecule has 1 spiro atoms. The van der Waals surface area contributed by atoms with Gasteiger partial charge in [-0.05, 0) is 79.6 Å². The van der Waals surface area contributed by atoms with E-state index in [0.29, 0.717) is 48.4 Å². The number of para-hydroxylation sites is 3. The molecule has 2 aromatic carbocycles. The van der Waals surface area contributed by atoms with Crippen LogP contribution >= 0.6 is 0 Å². The number of hydrogen-bond donors (Lipinski definition) is 2. The topological polar surface area (TPSA) is 107 Å². The number of imidazole rings is 1. The fourth-order valence-electron chi connectivity index (χ4n) is 6.35. The molecule has 0 saturated carbocycles. The van der Waals surface area contributed by atoms with Crippen LogP contribution in [-0.2, 0) is 0 Å². The van der Waals surface area contributed by atoms with Gasteiger partial charge in [0.25, 0.3) is 11.8 Å². The molecule has 2 amide bonds. The first-order chi connectivity index (χ1) is 21.1. The van der Waals surface area contributed by atoms with Crippen LogP contribution in [0, 0.1) is 5.41 Å². The number of aromatic amines is 1. The summed E-state index contributed by atoms with van der Waals surface area (Å²) in [5.41, 5.74) is 4.25. The highest BCUT2D eigenvalue weighted by Crippen LogP contribution is 2.40. The van der Waals surface area contributed by atoms with Crippen molar-refractivity contribution in [2.24, 2.45) is 5.41 Å². The van der Waals surface area contributed by atoms with Crippen molar-refractivity contribution < 1.29 is 9.59 Å². The molecule has 2 N–H and O–H groups in total. The maximum atomic E-state index is 13.5. The molecule has 0 bridgehead atoms. The van der Waals surface area contributed by atoms with Crippen LogP contribution in [0.2, 0.25) is 0 Å². The number of pyridine rings is 2. The van der Waals surface area contributed by atoms with Crippen LogP contribution in [0.15, 0.2) is 91.0 Å². The van der Waals surface area contributed by atoms with Gasteiger partial charge >= 0.3 is 0 Å². The summed E-state index contributed by atoms with van der Waals surface area (Å²) >= 11 is 0. The van der Waals surface area contributed by atoms with E-state index in [1.54, 1.807) is 12.1 Å². The Balaban J connectivity index is 1.000. The first-order valence-corrected chi connectivity index (χ1v) is 14.9. The molecule has 9 heteroatoms. The van der Waals surface area contributed by atoms with Gasteiger partial charge in [0.15, 0.2) is 5.82 Å². The minimum absolute atomic E-state index is 0.00808.